The number of hydrogen-bond acceptors (Lipinski definition) is 15. The van der Waals surface area contributed by atoms with Crippen LogP contribution in [0.5, 0.6) is 11.5 Å². The summed E-state index contributed by atoms with van der Waals surface area (Å²) in [6, 6.07) is 16.7. The van der Waals surface area contributed by atoms with Crippen molar-refractivity contribution in [3.8, 4) is 11.5 Å². The number of hydrogen-bond donors (Lipinski definition) is 3. The molecule has 3 aromatic rings. The van der Waals surface area contributed by atoms with Gasteiger partial charge < -0.3 is 54.1 Å². The molecule has 4 aliphatic heterocycles. The highest BCUT2D eigenvalue weighted by molar-refractivity contribution is 6.02. The lowest BCUT2D eigenvalue weighted by atomic mass is 9.77. The number of carboxylic acid groups (broad SMARTS) is 1. The number of nitrogens with zero attached hydrogens (tertiary/aromatic N) is 4. The average Bonchev–Trinajstić information content (AvgIpc) is 3.91. The number of fused-ring (bicyclic) bond motifs is 6. The first-order chi connectivity index (χ1) is 34.8. The van der Waals surface area contributed by atoms with E-state index in [1.165, 1.54) is 26.7 Å². The fourth-order valence-corrected chi connectivity index (χ4v) is 8.44. The summed E-state index contributed by atoms with van der Waals surface area (Å²) in [5.41, 5.74) is 2.77. The van der Waals surface area contributed by atoms with E-state index in [0.717, 1.165) is 17.8 Å². The molecule has 7 rings (SSSR count). The van der Waals surface area contributed by atoms with Crippen LogP contribution < -0.4 is 19.9 Å². The molecule has 0 unspecified atom stereocenters. The van der Waals surface area contributed by atoms with Crippen LogP contribution in [0.1, 0.15) is 131 Å². The van der Waals surface area contributed by atoms with E-state index in [1.807, 2.05) is 74.4 Å². The van der Waals surface area contributed by atoms with Crippen LogP contribution in [0.25, 0.3) is 0 Å². The number of amides is 2. The van der Waals surface area contributed by atoms with Crippen LogP contribution in [0.2, 0.25) is 0 Å². The summed E-state index contributed by atoms with van der Waals surface area (Å²) < 4.78 is 35.9. The van der Waals surface area contributed by atoms with E-state index < -0.39 is 40.9 Å². The molecule has 18 nitrogen and oxygen atoms in total. The van der Waals surface area contributed by atoms with Crippen molar-refractivity contribution in [2.24, 2.45) is 5.41 Å². The first kappa shape index (κ1) is 53.8. The Morgan fingerprint density at radius 1 is 0.775 bits per heavy atom. The minimum Gasteiger partial charge on any atom is -0.481 e. The number of ether oxygens (including phenoxy) is 4. The van der Waals surface area contributed by atoms with Crippen LogP contribution in [0.15, 0.2) is 54.6 Å². The highest BCUT2D eigenvalue weighted by Gasteiger charge is 2.54. The van der Waals surface area contributed by atoms with E-state index in [1.54, 1.807) is 23.1 Å². The standard InChI is InChI=1S/C42H50N4O9.C6H15N.C4H4O3.CH4O/c1-41(26-53-38(50)17-16-37(48)49)18-21-46(22-19-41)36(47)9-7-6-8-20-43-39(51)27-10-13-31-30(23-27)40(52)55-42(31)32-14-11-28(44(2)3)24-34(32)54-35-25-29(45(4)5)12-15-33(35)42;1-4-7(5-2)6-3;5-3-1-2-4(6)7-3;1-2/h10-15,23-25H,6-9,16-22,26H2,1-5H3,(H,43,51)(H,48,49);4-6H2,1-3H3;1-2H2;2H,1H3/i1T;;;2T. The number of rotatable bonds is 17. The van der Waals surface area contributed by atoms with Crippen molar-refractivity contribution < 1.29 is 64.1 Å². The van der Waals surface area contributed by atoms with Gasteiger partial charge in [-0.25, -0.2) is 4.79 Å². The zero-order valence-electron chi connectivity index (χ0n) is 44.6. The molecule has 4 heterocycles. The average molecular weight is 992 g/mol. The number of carbonyl (C=O) groups excluding carboxylic acids is 6. The maximum Gasteiger partial charge on any atom is 0.340 e. The van der Waals surface area contributed by atoms with E-state index in [-0.39, 0.29) is 51.0 Å². The van der Waals surface area contributed by atoms with Gasteiger partial charge in [-0.05, 0) is 81.7 Å². The minimum absolute atomic E-state index is 0.0277. The molecule has 2 amide bonds. The van der Waals surface area contributed by atoms with Crippen LogP contribution in [0, 0.1) is 5.41 Å². The quantitative estimate of drug-likeness (QED) is 0.0567. The number of cyclic esters (lactones) is 2. The monoisotopic (exact) mass is 992 g/mol. The summed E-state index contributed by atoms with van der Waals surface area (Å²) in [6.07, 6.45) is 3.51. The van der Waals surface area contributed by atoms with Gasteiger partial charge in [-0.1, -0.05) is 40.2 Å². The van der Waals surface area contributed by atoms with Crippen molar-refractivity contribution in [2.75, 3.05) is 91.0 Å². The van der Waals surface area contributed by atoms with E-state index in [0.29, 0.717) is 91.1 Å². The first-order valence-electron chi connectivity index (χ1n) is 25.3. The summed E-state index contributed by atoms with van der Waals surface area (Å²) in [7, 11) is 9.08. The molecule has 0 bridgehead atoms. The van der Waals surface area contributed by atoms with Crippen molar-refractivity contribution in [1.29, 1.82) is 1.43 Å². The zero-order chi connectivity index (χ0) is 53.9. The Labute approximate surface area is 420 Å². The number of benzene rings is 3. The number of unbranched alkanes of at least 4 members (excludes halogenated alkanes) is 2. The molecule has 0 saturated carbocycles. The second kappa shape index (κ2) is 26.6. The number of aliphatic hydroxyl groups excluding tert-OH is 1. The lowest BCUT2D eigenvalue weighted by Gasteiger charge is -2.39. The highest BCUT2D eigenvalue weighted by Crippen LogP contribution is 2.57. The molecule has 4 aliphatic rings. The first-order valence-corrected chi connectivity index (χ1v) is 24.2. The second-order valence-electron chi connectivity index (χ2n) is 18.1. The molecule has 388 valence electrons. The number of aliphatic hydroxyl groups is 1. The van der Waals surface area contributed by atoms with Gasteiger partial charge in [-0.15, -0.1) is 0 Å². The fraction of sp³-hybridized carbons (Fsp3) is 0.528. The zero-order valence-corrected chi connectivity index (χ0v) is 42.6. The minimum atomic E-state index is -1.25. The van der Waals surface area contributed by atoms with Gasteiger partial charge in [0.2, 0.25) is 7.34 Å². The fourth-order valence-electron chi connectivity index (χ4n) is 8.44. The van der Waals surface area contributed by atoms with E-state index in [4.69, 9.17) is 22.1 Å². The predicted octanol–water partition coefficient (Wildman–Crippen LogP) is 6.52. The number of carbonyl (C=O) groups is 7. The number of aliphatic carboxylic acids is 1. The number of likely N-dealkylation sites (tertiary alicyclic amines) is 1. The lowest BCUT2D eigenvalue weighted by molar-refractivity contribution is -0.152. The normalized spacial score (nSPS) is 15.7. The molecule has 0 radical (unpaired) electrons. The number of anilines is 2. The molecular weight excluding hydrogens is 915 g/mol. The van der Waals surface area contributed by atoms with Crippen LogP contribution in [-0.2, 0) is 43.8 Å². The van der Waals surface area contributed by atoms with Gasteiger partial charge in [0.05, 0.1) is 37.9 Å². The summed E-state index contributed by atoms with van der Waals surface area (Å²) in [4.78, 5) is 90.5. The van der Waals surface area contributed by atoms with Gasteiger partial charge in [0.25, 0.3) is 5.91 Å². The summed E-state index contributed by atoms with van der Waals surface area (Å²) in [6.45, 7) is 11.6. The van der Waals surface area contributed by atoms with Crippen molar-refractivity contribution in [2.45, 2.75) is 97.5 Å². The third kappa shape index (κ3) is 15.0. The third-order valence-electron chi connectivity index (χ3n) is 12.8. The number of nitrogens with one attached hydrogen (secondary N) is 1. The van der Waals surface area contributed by atoms with Crippen LogP contribution in [0.3, 0.4) is 0 Å². The summed E-state index contributed by atoms with van der Waals surface area (Å²) >= 11 is 0. The van der Waals surface area contributed by atoms with E-state index in [2.05, 4.69) is 40.8 Å². The Morgan fingerprint density at radius 2 is 1.34 bits per heavy atom. The van der Waals surface area contributed by atoms with Crippen molar-refractivity contribution in [1.82, 2.24) is 15.1 Å². The Morgan fingerprint density at radius 3 is 1.82 bits per heavy atom. The van der Waals surface area contributed by atoms with Gasteiger partial charge in [-0.2, -0.15) is 0 Å². The van der Waals surface area contributed by atoms with Crippen molar-refractivity contribution in [3.63, 3.8) is 0 Å². The molecule has 0 aromatic heterocycles. The molecule has 0 atom stereocenters. The molecular formula is C53H73N5O13. The topological polar surface area (TPSA) is 222 Å². The van der Waals surface area contributed by atoms with Crippen LogP contribution >= 0.6 is 0 Å². The van der Waals surface area contributed by atoms with Crippen LogP contribution in [0.4, 0.5) is 11.4 Å². The Kier molecular flexibility index (Phi) is 20.2. The molecule has 2 fully saturated rings. The predicted molar refractivity (Wildman–Crippen MR) is 268 cm³/mol. The molecule has 18 heteroatoms. The molecule has 1 spiro atoms. The Bertz CT molecular complexity index is 2330. The van der Waals surface area contributed by atoms with Crippen LogP contribution in [-0.4, -0.2) is 144 Å². The second-order valence-corrected chi connectivity index (χ2v) is 18.1. The van der Waals surface area contributed by atoms with Gasteiger partial charge in [0, 0.05) is 114 Å². The number of esters is 4. The summed E-state index contributed by atoms with van der Waals surface area (Å²) in [5.74, 6) is -2.10. The Balaban J connectivity index is 0.000000580. The van der Waals surface area contributed by atoms with E-state index >= 15 is 0 Å². The van der Waals surface area contributed by atoms with Crippen molar-refractivity contribution in [3.05, 3.63) is 82.4 Å². The number of piperidine rings is 1. The van der Waals surface area contributed by atoms with Crippen molar-refractivity contribution >= 4 is 53.0 Å². The SMILES string of the molecule is CCN(CC)CC.O=C1CCC(=O)O1.[3H]CC1(COC(=O)CCC(=O)O)CCN(C(=O)CCCCCNC(=O)c2ccc3c(c2)C(=O)OC32c3ccc(N(C)C)cc3Oc3cc(N(C)C)ccc32)CC1.[3H]OC. The van der Waals surface area contributed by atoms with E-state index in [9.17, 15) is 33.6 Å². The third-order valence-corrected chi connectivity index (χ3v) is 12.8. The molecule has 0 aliphatic carbocycles. The molecule has 3 N–H and O–H groups in total. The van der Waals surface area contributed by atoms with Gasteiger partial charge in [-0.3, -0.25) is 28.8 Å². The largest absolute Gasteiger partial charge is 0.481 e. The molecule has 2 saturated heterocycles. The Hall–Kier alpha value is -6.53. The highest BCUT2D eigenvalue weighted by atomic mass is 16.6. The molecule has 3 aromatic carbocycles. The van der Waals surface area contributed by atoms with Gasteiger partial charge in [0.1, 0.15) is 11.5 Å². The van der Waals surface area contributed by atoms with Gasteiger partial charge in [0.15, 0.2) is 5.60 Å². The van der Waals surface area contributed by atoms with Gasteiger partial charge >= 0.3 is 29.8 Å². The lowest BCUT2D eigenvalue weighted by Crippen LogP contribution is -2.44. The maximum absolute atomic E-state index is 13.6. The maximum atomic E-state index is 13.6. The number of carboxylic acids is 1. The summed E-state index contributed by atoms with van der Waals surface area (Å²) in [5, 5.41) is 15.2. The molecule has 71 heavy (non-hydrogen) atoms. The smallest absolute Gasteiger partial charge is 0.340 e.